The first-order chi connectivity index (χ1) is 14.0. The standard InChI is InChI=1S/C20H24N2O6S/c1-3-27-18(23)10-11-22(26-2)19(24)16-8-6-15(7-9-16)13-21-20(25)28-14-17-5-4-12-29-17/h4-9,12H,3,10-11,13-14H2,1-2H3,(H,21,25). The summed E-state index contributed by atoms with van der Waals surface area (Å²) < 4.78 is 9.97. The van der Waals surface area contributed by atoms with Crippen molar-refractivity contribution in [1.82, 2.24) is 10.4 Å². The maximum atomic E-state index is 12.5. The SMILES string of the molecule is CCOC(=O)CCN(OC)C(=O)c1ccc(CNC(=O)OCc2cccs2)cc1. The van der Waals surface area contributed by atoms with Crippen LogP contribution in [0.25, 0.3) is 0 Å². The van der Waals surface area contributed by atoms with Gasteiger partial charge in [0.1, 0.15) is 6.61 Å². The van der Waals surface area contributed by atoms with Crippen molar-refractivity contribution >= 4 is 29.3 Å². The van der Waals surface area contributed by atoms with Gasteiger partial charge in [0.2, 0.25) is 0 Å². The Bertz CT molecular complexity index is 792. The van der Waals surface area contributed by atoms with Crippen LogP contribution in [-0.4, -0.2) is 43.3 Å². The van der Waals surface area contributed by atoms with Crippen LogP contribution in [0.5, 0.6) is 0 Å². The molecular weight excluding hydrogens is 396 g/mol. The van der Waals surface area contributed by atoms with E-state index in [0.717, 1.165) is 15.5 Å². The maximum absolute atomic E-state index is 12.5. The Morgan fingerprint density at radius 1 is 1.10 bits per heavy atom. The lowest BCUT2D eigenvalue weighted by atomic mass is 10.1. The number of nitrogens with one attached hydrogen (secondary N) is 1. The number of thiophene rings is 1. The van der Waals surface area contributed by atoms with Gasteiger partial charge in [0.15, 0.2) is 0 Å². The van der Waals surface area contributed by atoms with Crippen molar-refractivity contribution in [1.29, 1.82) is 0 Å². The quantitative estimate of drug-likeness (QED) is 0.469. The molecule has 1 aromatic carbocycles. The number of esters is 1. The highest BCUT2D eigenvalue weighted by atomic mass is 32.1. The second-order valence-electron chi connectivity index (χ2n) is 5.85. The zero-order chi connectivity index (χ0) is 21.1. The Morgan fingerprint density at radius 2 is 1.86 bits per heavy atom. The predicted molar refractivity (Wildman–Crippen MR) is 107 cm³/mol. The normalized spacial score (nSPS) is 10.3. The van der Waals surface area contributed by atoms with Gasteiger partial charge in [0, 0.05) is 17.0 Å². The molecule has 0 saturated carbocycles. The lowest BCUT2D eigenvalue weighted by Crippen LogP contribution is -2.32. The summed E-state index contributed by atoms with van der Waals surface area (Å²) in [5, 5.41) is 5.68. The molecule has 1 heterocycles. The van der Waals surface area contributed by atoms with Crippen LogP contribution in [0.3, 0.4) is 0 Å². The monoisotopic (exact) mass is 420 g/mol. The molecule has 0 saturated heterocycles. The Labute approximate surface area is 173 Å². The first-order valence-electron chi connectivity index (χ1n) is 9.07. The van der Waals surface area contributed by atoms with Crippen molar-refractivity contribution in [2.24, 2.45) is 0 Å². The molecule has 0 unspecified atom stereocenters. The minimum Gasteiger partial charge on any atom is -0.466 e. The summed E-state index contributed by atoms with van der Waals surface area (Å²) in [6.07, 6.45) is -0.466. The summed E-state index contributed by atoms with van der Waals surface area (Å²) in [4.78, 5) is 41.7. The van der Waals surface area contributed by atoms with Crippen LogP contribution in [-0.2, 0) is 32.3 Å². The van der Waals surface area contributed by atoms with E-state index in [9.17, 15) is 14.4 Å². The predicted octanol–water partition coefficient (Wildman–Crippen LogP) is 3.13. The average molecular weight is 420 g/mol. The zero-order valence-electron chi connectivity index (χ0n) is 16.4. The molecule has 0 aliphatic rings. The molecule has 8 nitrogen and oxygen atoms in total. The van der Waals surface area contributed by atoms with Gasteiger partial charge in [-0.2, -0.15) is 0 Å². The highest BCUT2D eigenvalue weighted by Gasteiger charge is 2.17. The Balaban J connectivity index is 1.80. The van der Waals surface area contributed by atoms with Crippen LogP contribution in [0.1, 0.15) is 34.1 Å². The number of carbonyl (C=O) groups is 3. The van der Waals surface area contributed by atoms with Crippen molar-refractivity contribution in [3.8, 4) is 0 Å². The van der Waals surface area contributed by atoms with E-state index in [2.05, 4.69) is 5.32 Å². The number of rotatable bonds is 10. The fourth-order valence-electron chi connectivity index (χ4n) is 2.37. The fourth-order valence-corrected chi connectivity index (χ4v) is 2.98. The lowest BCUT2D eigenvalue weighted by molar-refractivity contribution is -0.147. The van der Waals surface area contributed by atoms with Gasteiger partial charge in [-0.05, 0) is 36.1 Å². The first kappa shape index (κ1) is 22.4. The van der Waals surface area contributed by atoms with E-state index >= 15 is 0 Å². The van der Waals surface area contributed by atoms with Crippen molar-refractivity contribution in [2.45, 2.75) is 26.5 Å². The molecule has 1 N–H and O–H groups in total. The average Bonchev–Trinajstić information content (AvgIpc) is 3.25. The highest BCUT2D eigenvalue weighted by molar-refractivity contribution is 7.09. The van der Waals surface area contributed by atoms with Crippen molar-refractivity contribution < 1.29 is 28.7 Å². The van der Waals surface area contributed by atoms with E-state index in [-0.39, 0.29) is 38.6 Å². The van der Waals surface area contributed by atoms with Crippen LogP contribution in [0.4, 0.5) is 4.79 Å². The van der Waals surface area contributed by atoms with Crippen LogP contribution >= 0.6 is 11.3 Å². The number of carbonyl (C=O) groups excluding carboxylic acids is 3. The molecule has 0 aliphatic heterocycles. The second-order valence-corrected chi connectivity index (χ2v) is 6.88. The van der Waals surface area contributed by atoms with Gasteiger partial charge < -0.3 is 14.8 Å². The number of nitrogens with zero attached hydrogens (tertiary/aromatic N) is 1. The third kappa shape index (κ3) is 7.55. The van der Waals surface area contributed by atoms with Gasteiger partial charge in [-0.15, -0.1) is 11.3 Å². The highest BCUT2D eigenvalue weighted by Crippen LogP contribution is 2.11. The summed E-state index contributed by atoms with van der Waals surface area (Å²) in [7, 11) is 1.36. The molecule has 2 amide bonds. The summed E-state index contributed by atoms with van der Waals surface area (Å²) in [6.45, 7) is 2.60. The summed E-state index contributed by atoms with van der Waals surface area (Å²) in [5.74, 6) is -0.763. The molecule has 1 aromatic heterocycles. The van der Waals surface area contributed by atoms with Crippen molar-refractivity contribution in [3.05, 3.63) is 57.8 Å². The molecule has 0 spiro atoms. The molecule has 0 aliphatic carbocycles. The zero-order valence-corrected chi connectivity index (χ0v) is 17.2. The largest absolute Gasteiger partial charge is 0.466 e. The number of hydroxylamine groups is 2. The van der Waals surface area contributed by atoms with E-state index < -0.39 is 12.1 Å². The minimum atomic E-state index is -0.511. The third-order valence-corrected chi connectivity index (χ3v) is 4.68. The van der Waals surface area contributed by atoms with Gasteiger partial charge in [-0.25, -0.2) is 9.86 Å². The van der Waals surface area contributed by atoms with Crippen LogP contribution < -0.4 is 5.32 Å². The van der Waals surface area contributed by atoms with Gasteiger partial charge in [-0.3, -0.25) is 14.4 Å². The Kier molecular flexibility index (Phi) is 9.13. The number of ether oxygens (including phenoxy) is 2. The fraction of sp³-hybridized carbons (Fsp3) is 0.350. The molecule has 0 bridgehead atoms. The van der Waals surface area contributed by atoms with Crippen molar-refractivity contribution in [3.63, 3.8) is 0 Å². The van der Waals surface area contributed by atoms with Crippen molar-refractivity contribution in [2.75, 3.05) is 20.3 Å². The molecular formula is C20H24N2O6S. The topological polar surface area (TPSA) is 94.2 Å². The number of amides is 2. The molecule has 156 valence electrons. The first-order valence-corrected chi connectivity index (χ1v) is 9.95. The molecule has 0 radical (unpaired) electrons. The van der Waals surface area contributed by atoms with E-state index in [0.29, 0.717) is 5.56 Å². The van der Waals surface area contributed by atoms with E-state index in [1.165, 1.54) is 18.4 Å². The van der Waals surface area contributed by atoms with Gasteiger partial charge >= 0.3 is 12.1 Å². The van der Waals surface area contributed by atoms with E-state index in [4.69, 9.17) is 14.3 Å². The Morgan fingerprint density at radius 3 is 2.48 bits per heavy atom. The smallest absolute Gasteiger partial charge is 0.407 e. The molecule has 0 fully saturated rings. The Hall–Kier alpha value is -2.91. The van der Waals surface area contributed by atoms with E-state index in [1.807, 2.05) is 17.5 Å². The number of alkyl carbamates (subject to hydrolysis) is 1. The molecule has 2 rings (SSSR count). The number of benzene rings is 1. The second kappa shape index (κ2) is 11.8. The number of hydrogen-bond donors (Lipinski definition) is 1. The maximum Gasteiger partial charge on any atom is 0.407 e. The summed E-state index contributed by atoms with van der Waals surface area (Å²) >= 11 is 1.52. The van der Waals surface area contributed by atoms with E-state index in [1.54, 1.807) is 31.2 Å². The third-order valence-electron chi connectivity index (χ3n) is 3.83. The minimum absolute atomic E-state index is 0.0446. The molecule has 0 atom stereocenters. The molecule has 2 aromatic rings. The summed E-state index contributed by atoms with van der Waals surface area (Å²) in [6, 6.07) is 10.5. The van der Waals surface area contributed by atoms with Gasteiger partial charge in [-0.1, -0.05) is 18.2 Å². The van der Waals surface area contributed by atoms with Crippen LogP contribution in [0, 0.1) is 0 Å². The number of hydrogen-bond acceptors (Lipinski definition) is 7. The lowest BCUT2D eigenvalue weighted by Gasteiger charge is -2.19. The molecule has 29 heavy (non-hydrogen) atoms. The molecule has 9 heteroatoms. The van der Waals surface area contributed by atoms with Crippen LogP contribution in [0.15, 0.2) is 41.8 Å². The van der Waals surface area contributed by atoms with Crippen LogP contribution in [0.2, 0.25) is 0 Å². The van der Waals surface area contributed by atoms with Gasteiger partial charge in [0.25, 0.3) is 5.91 Å². The summed E-state index contributed by atoms with van der Waals surface area (Å²) in [5.41, 5.74) is 1.21. The van der Waals surface area contributed by atoms with Gasteiger partial charge in [0.05, 0.1) is 26.7 Å².